The van der Waals surface area contributed by atoms with E-state index in [9.17, 15) is 14.4 Å². The van der Waals surface area contributed by atoms with Crippen molar-refractivity contribution in [2.45, 2.75) is 33.2 Å². The first-order valence-corrected chi connectivity index (χ1v) is 9.92. The zero-order valence-corrected chi connectivity index (χ0v) is 17.2. The molecule has 1 unspecified atom stereocenters. The normalized spacial score (nSPS) is 23.5. The summed E-state index contributed by atoms with van der Waals surface area (Å²) in [5, 5.41) is 2.76. The Morgan fingerprint density at radius 3 is 2.29 bits per heavy atom. The summed E-state index contributed by atoms with van der Waals surface area (Å²) in [7, 11) is 0. The monoisotopic (exact) mass is 386 g/mol. The molecule has 7 nitrogen and oxygen atoms in total. The van der Waals surface area contributed by atoms with Crippen LogP contribution < -0.4 is 5.32 Å². The number of piperazine rings is 1. The number of carbonyl (C=O) groups is 3. The Bertz CT molecular complexity index is 753. The molecule has 28 heavy (non-hydrogen) atoms. The van der Waals surface area contributed by atoms with E-state index in [2.05, 4.69) is 24.1 Å². The van der Waals surface area contributed by atoms with Crippen molar-refractivity contribution in [3.05, 3.63) is 35.4 Å². The second-order valence-electron chi connectivity index (χ2n) is 8.39. The van der Waals surface area contributed by atoms with E-state index in [1.54, 1.807) is 11.8 Å². The lowest BCUT2D eigenvalue weighted by atomic mass is 9.91. The quantitative estimate of drug-likeness (QED) is 0.780. The van der Waals surface area contributed by atoms with Crippen LogP contribution in [-0.2, 0) is 15.1 Å². The maximum absolute atomic E-state index is 13.0. The number of nitrogens with zero attached hydrogens (tertiary/aromatic N) is 3. The van der Waals surface area contributed by atoms with E-state index in [0.717, 1.165) is 30.1 Å². The number of hydrogen-bond acceptors (Lipinski definition) is 4. The van der Waals surface area contributed by atoms with Gasteiger partial charge in [-0.15, -0.1) is 0 Å². The van der Waals surface area contributed by atoms with Gasteiger partial charge in [0, 0.05) is 32.7 Å². The fourth-order valence-corrected chi connectivity index (χ4v) is 3.85. The van der Waals surface area contributed by atoms with Crippen LogP contribution in [0.4, 0.5) is 4.79 Å². The average molecular weight is 386 g/mol. The largest absolute Gasteiger partial charge is 0.339 e. The molecule has 0 spiro atoms. The maximum Gasteiger partial charge on any atom is 0.325 e. The fourth-order valence-electron chi connectivity index (χ4n) is 3.85. The van der Waals surface area contributed by atoms with Gasteiger partial charge in [-0.25, -0.2) is 4.79 Å². The van der Waals surface area contributed by atoms with Crippen LogP contribution in [-0.4, -0.2) is 71.8 Å². The van der Waals surface area contributed by atoms with Crippen LogP contribution in [0.15, 0.2) is 24.3 Å². The Hall–Kier alpha value is -2.41. The molecule has 2 fully saturated rings. The minimum atomic E-state index is -1.14. The number of rotatable bonds is 5. The first-order valence-electron chi connectivity index (χ1n) is 9.92. The number of imide groups is 1. The molecule has 2 aliphatic rings. The zero-order valence-electron chi connectivity index (χ0n) is 17.2. The summed E-state index contributed by atoms with van der Waals surface area (Å²) in [6.07, 6.45) is 0. The van der Waals surface area contributed by atoms with Crippen LogP contribution in [0.3, 0.4) is 0 Å². The molecule has 1 N–H and O–H groups in total. The Balaban J connectivity index is 1.63. The highest BCUT2D eigenvalue weighted by molar-refractivity contribution is 6.09. The lowest BCUT2D eigenvalue weighted by molar-refractivity contribution is -0.139. The number of benzene rings is 1. The molecule has 2 saturated heterocycles. The summed E-state index contributed by atoms with van der Waals surface area (Å²) in [6, 6.07) is 6.98. The molecule has 1 aromatic rings. The summed E-state index contributed by atoms with van der Waals surface area (Å²) in [5.41, 5.74) is 0.655. The number of nitrogens with one attached hydrogen (secondary N) is 1. The summed E-state index contributed by atoms with van der Waals surface area (Å²) >= 11 is 0. The van der Waals surface area contributed by atoms with E-state index in [1.165, 1.54) is 0 Å². The fraction of sp³-hybridized carbons (Fsp3) is 0.571. The van der Waals surface area contributed by atoms with Crippen molar-refractivity contribution < 1.29 is 14.4 Å². The molecule has 0 saturated carbocycles. The molecule has 152 valence electrons. The lowest BCUT2D eigenvalue weighted by Crippen LogP contribution is -2.52. The minimum Gasteiger partial charge on any atom is -0.339 e. The highest BCUT2D eigenvalue weighted by atomic mass is 16.2. The van der Waals surface area contributed by atoms with Gasteiger partial charge in [0.1, 0.15) is 12.1 Å². The van der Waals surface area contributed by atoms with Gasteiger partial charge in [0.15, 0.2) is 0 Å². The summed E-state index contributed by atoms with van der Waals surface area (Å²) in [4.78, 5) is 43.3. The molecule has 0 aliphatic carbocycles. The van der Waals surface area contributed by atoms with Gasteiger partial charge >= 0.3 is 6.03 Å². The Kier molecular flexibility index (Phi) is 5.74. The highest BCUT2D eigenvalue weighted by Crippen LogP contribution is 2.29. The van der Waals surface area contributed by atoms with Crippen LogP contribution in [0.2, 0.25) is 0 Å². The van der Waals surface area contributed by atoms with Crippen molar-refractivity contribution in [1.82, 2.24) is 20.0 Å². The van der Waals surface area contributed by atoms with Crippen LogP contribution in [0.25, 0.3) is 0 Å². The molecule has 0 aromatic heterocycles. The molecule has 0 radical (unpaired) electrons. The van der Waals surface area contributed by atoms with Crippen molar-refractivity contribution in [1.29, 1.82) is 0 Å². The molecule has 4 amide bonds. The van der Waals surface area contributed by atoms with Gasteiger partial charge in [-0.3, -0.25) is 19.4 Å². The SMILES string of the molecule is Cc1ccc(C2(C)NC(=O)N(CC(=O)N3CCN(CC(C)C)CC3)C2=O)cc1. The highest BCUT2D eigenvalue weighted by Gasteiger charge is 2.49. The van der Waals surface area contributed by atoms with Crippen molar-refractivity contribution in [3.8, 4) is 0 Å². The third-order valence-electron chi connectivity index (χ3n) is 5.55. The van der Waals surface area contributed by atoms with Gasteiger partial charge in [-0.1, -0.05) is 43.7 Å². The molecular formula is C21H30N4O3. The number of carbonyl (C=O) groups excluding carboxylic acids is 3. The Labute approximate surface area is 166 Å². The molecule has 1 aromatic carbocycles. The maximum atomic E-state index is 13.0. The number of amides is 4. The third-order valence-corrected chi connectivity index (χ3v) is 5.55. The smallest absolute Gasteiger partial charge is 0.325 e. The first-order chi connectivity index (χ1) is 13.2. The van der Waals surface area contributed by atoms with Crippen molar-refractivity contribution in [2.24, 2.45) is 5.92 Å². The van der Waals surface area contributed by atoms with E-state index >= 15 is 0 Å². The summed E-state index contributed by atoms with van der Waals surface area (Å²) in [5.74, 6) is 0.0293. The second-order valence-corrected chi connectivity index (χ2v) is 8.39. The molecule has 1 atom stereocenters. The molecule has 2 heterocycles. The first kappa shape index (κ1) is 20.3. The van der Waals surface area contributed by atoms with Crippen LogP contribution in [0.5, 0.6) is 0 Å². The topological polar surface area (TPSA) is 73.0 Å². The number of urea groups is 1. The van der Waals surface area contributed by atoms with E-state index in [-0.39, 0.29) is 18.4 Å². The van der Waals surface area contributed by atoms with E-state index in [0.29, 0.717) is 24.6 Å². The Morgan fingerprint density at radius 2 is 1.71 bits per heavy atom. The molecule has 3 rings (SSSR count). The summed E-state index contributed by atoms with van der Waals surface area (Å²) in [6.45, 7) is 11.7. The van der Waals surface area contributed by atoms with Gasteiger partial charge in [0.05, 0.1) is 0 Å². The average Bonchev–Trinajstić information content (AvgIpc) is 2.86. The van der Waals surface area contributed by atoms with Gasteiger partial charge in [0.25, 0.3) is 5.91 Å². The van der Waals surface area contributed by atoms with Crippen LogP contribution >= 0.6 is 0 Å². The van der Waals surface area contributed by atoms with Gasteiger partial charge in [0.2, 0.25) is 5.91 Å². The molecular weight excluding hydrogens is 356 g/mol. The Morgan fingerprint density at radius 1 is 1.11 bits per heavy atom. The minimum absolute atomic E-state index is 0.180. The molecule has 0 bridgehead atoms. The molecule has 7 heteroatoms. The van der Waals surface area contributed by atoms with Crippen LogP contribution in [0.1, 0.15) is 31.9 Å². The number of aryl methyl sites for hydroxylation is 1. The third kappa shape index (κ3) is 4.04. The van der Waals surface area contributed by atoms with E-state index in [1.807, 2.05) is 31.2 Å². The van der Waals surface area contributed by atoms with E-state index in [4.69, 9.17) is 0 Å². The number of hydrogen-bond donors (Lipinski definition) is 1. The second kappa shape index (κ2) is 7.91. The van der Waals surface area contributed by atoms with Gasteiger partial charge in [-0.05, 0) is 25.3 Å². The van der Waals surface area contributed by atoms with Crippen molar-refractivity contribution in [2.75, 3.05) is 39.3 Å². The van der Waals surface area contributed by atoms with E-state index < -0.39 is 11.6 Å². The van der Waals surface area contributed by atoms with Gasteiger partial charge < -0.3 is 10.2 Å². The predicted molar refractivity (Wildman–Crippen MR) is 107 cm³/mol. The predicted octanol–water partition coefficient (Wildman–Crippen LogP) is 1.56. The molecule has 2 aliphatic heterocycles. The lowest BCUT2D eigenvalue weighted by Gasteiger charge is -2.36. The van der Waals surface area contributed by atoms with Crippen LogP contribution in [0, 0.1) is 12.8 Å². The van der Waals surface area contributed by atoms with Gasteiger partial charge in [-0.2, -0.15) is 0 Å². The standard InChI is InChI=1S/C21H30N4O3/c1-15(2)13-23-9-11-24(12-10-23)18(26)14-25-19(27)21(4,22-20(25)28)17-7-5-16(3)6-8-17/h5-8,15H,9-14H2,1-4H3,(H,22,28). The summed E-state index contributed by atoms with van der Waals surface area (Å²) < 4.78 is 0. The van der Waals surface area contributed by atoms with Crippen molar-refractivity contribution >= 4 is 17.8 Å². The van der Waals surface area contributed by atoms with Crippen molar-refractivity contribution in [3.63, 3.8) is 0 Å². The zero-order chi connectivity index (χ0) is 20.5.